The number of rotatable bonds is 4. The quantitative estimate of drug-likeness (QED) is 0.666. The van der Waals surface area contributed by atoms with Crippen LogP contribution in [0, 0.1) is 15.9 Å². The zero-order valence-corrected chi connectivity index (χ0v) is 11.8. The molecule has 0 bridgehead atoms. The average molecular weight is 335 g/mol. The summed E-state index contributed by atoms with van der Waals surface area (Å²) >= 11 is 5.72. The fourth-order valence-corrected chi connectivity index (χ4v) is 2.47. The summed E-state index contributed by atoms with van der Waals surface area (Å²) in [5, 5.41) is 19.4. The number of nitro groups is 1. The molecule has 0 amide bonds. The van der Waals surface area contributed by atoms with Gasteiger partial charge in [0.2, 0.25) is 14.9 Å². The van der Waals surface area contributed by atoms with Crippen LogP contribution in [-0.4, -0.2) is 23.1 Å². The second-order valence-electron chi connectivity index (χ2n) is 4.05. The van der Waals surface area contributed by atoms with Gasteiger partial charge in [0.1, 0.15) is 5.82 Å². The van der Waals surface area contributed by atoms with Gasteiger partial charge in [0.25, 0.3) is 0 Å². The second-order valence-corrected chi connectivity index (χ2v) is 6.02. The molecule has 1 aromatic heterocycles. The molecular formula is C10H8ClFN4O4S. The third kappa shape index (κ3) is 3.35. The van der Waals surface area contributed by atoms with E-state index >= 15 is 0 Å². The highest BCUT2D eigenvalue weighted by Crippen LogP contribution is 2.22. The maximum absolute atomic E-state index is 13.6. The van der Waals surface area contributed by atoms with Crippen LogP contribution in [0.5, 0.6) is 0 Å². The van der Waals surface area contributed by atoms with Gasteiger partial charge >= 0.3 is 5.82 Å². The largest absolute Gasteiger partial charge is 0.410 e. The molecule has 2 N–H and O–H groups in total. The van der Waals surface area contributed by atoms with Crippen LogP contribution in [0.1, 0.15) is 5.56 Å². The van der Waals surface area contributed by atoms with Crippen molar-refractivity contribution in [1.29, 1.82) is 0 Å². The van der Waals surface area contributed by atoms with Crippen molar-refractivity contribution in [2.24, 2.45) is 5.14 Å². The van der Waals surface area contributed by atoms with E-state index in [9.17, 15) is 22.9 Å². The SMILES string of the molecule is NS(=O)(=O)c1cn(Cc2cc(Cl)ccc2F)nc1[N+](=O)[O-]. The number of hydrogen-bond donors (Lipinski definition) is 1. The highest BCUT2D eigenvalue weighted by atomic mass is 35.5. The lowest BCUT2D eigenvalue weighted by atomic mass is 10.2. The molecule has 0 saturated carbocycles. The van der Waals surface area contributed by atoms with Gasteiger partial charge in [-0.1, -0.05) is 11.6 Å². The van der Waals surface area contributed by atoms with Crippen molar-refractivity contribution < 1.29 is 17.7 Å². The number of benzene rings is 1. The molecule has 0 aliphatic carbocycles. The molecule has 0 fully saturated rings. The molecule has 2 rings (SSSR count). The Labute approximate surface area is 123 Å². The number of nitrogens with zero attached hydrogens (tertiary/aromatic N) is 3. The minimum absolute atomic E-state index is 0.0980. The minimum atomic E-state index is -4.31. The number of primary sulfonamides is 1. The van der Waals surface area contributed by atoms with Gasteiger partial charge in [-0.05, 0) is 23.1 Å². The third-order valence-corrected chi connectivity index (χ3v) is 3.67. The zero-order chi connectivity index (χ0) is 15.8. The van der Waals surface area contributed by atoms with Gasteiger partial charge in [0.05, 0.1) is 17.8 Å². The molecule has 0 spiro atoms. The fourth-order valence-electron chi connectivity index (χ4n) is 1.64. The number of sulfonamides is 1. The van der Waals surface area contributed by atoms with Gasteiger partial charge in [0.15, 0.2) is 0 Å². The van der Waals surface area contributed by atoms with Gasteiger partial charge in [-0.25, -0.2) is 17.9 Å². The molecule has 21 heavy (non-hydrogen) atoms. The van der Waals surface area contributed by atoms with Gasteiger partial charge in [-0.3, -0.25) is 0 Å². The summed E-state index contributed by atoms with van der Waals surface area (Å²) in [5.41, 5.74) is 0.0980. The number of hydrogen-bond acceptors (Lipinski definition) is 5. The molecule has 2 aromatic rings. The van der Waals surface area contributed by atoms with Crippen molar-refractivity contribution in [2.45, 2.75) is 11.4 Å². The van der Waals surface area contributed by atoms with Crippen molar-refractivity contribution in [2.75, 3.05) is 0 Å². The summed E-state index contributed by atoms with van der Waals surface area (Å²) in [6, 6.07) is 3.76. The lowest BCUT2D eigenvalue weighted by Gasteiger charge is -2.01. The summed E-state index contributed by atoms with van der Waals surface area (Å²) in [5.74, 6) is -1.52. The Hall–Kier alpha value is -2.04. The molecule has 0 aliphatic rings. The molecule has 0 unspecified atom stereocenters. The predicted octanol–water partition coefficient (Wildman–Crippen LogP) is 1.28. The fraction of sp³-hybridized carbons (Fsp3) is 0.100. The van der Waals surface area contributed by atoms with E-state index in [1.54, 1.807) is 0 Å². The van der Waals surface area contributed by atoms with Crippen molar-refractivity contribution >= 4 is 27.4 Å². The van der Waals surface area contributed by atoms with E-state index in [1.165, 1.54) is 12.1 Å². The molecule has 8 nitrogen and oxygen atoms in total. The molecular weight excluding hydrogens is 327 g/mol. The maximum Gasteiger partial charge on any atom is 0.410 e. The third-order valence-electron chi connectivity index (χ3n) is 2.53. The topological polar surface area (TPSA) is 121 Å². The predicted molar refractivity (Wildman–Crippen MR) is 70.8 cm³/mol. The average Bonchev–Trinajstić information content (AvgIpc) is 2.78. The van der Waals surface area contributed by atoms with E-state index in [4.69, 9.17) is 16.7 Å². The molecule has 11 heteroatoms. The Bertz CT molecular complexity index is 820. The van der Waals surface area contributed by atoms with Crippen molar-refractivity contribution in [3.63, 3.8) is 0 Å². The van der Waals surface area contributed by atoms with Crippen molar-refractivity contribution in [3.8, 4) is 0 Å². The maximum atomic E-state index is 13.6. The first-order valence-electron chi connectivity index (χ1n) is 5.37. The Morgan fingerprint density at radius 1 is 1.48 bits per heavy atom. The molecule has 0 atom stereocenters. The first kappa shape index (κ1) is 15.4. The van der Waals surface area contributed by atoms with Crippen LogP contribution >= 0.6 is 11.6 Å². The molecule has 0 aliphatic heterocycles. The summed E-state index contributed by atoms with van der Waals surface area (Å²) in [6.45, 7) is -0.233. The highest BCUT2D eigenvalue weighted by Gasteiger charge is 2.29. The van der Waals surface area contributed by atoms with E-state index in [1.807, 2.05) is 0 Å². The Morgan fingerprint density at radius 3 is 2.67 bits per heavy atom. The van der Waals surface area contributed by atoms with Crippen molar-refractivity contribution in [3.05, 3.63) is 50.9 Å². The van der Waals surface area contributed by atoms with Gasteiger partial charge < -0.3 is 10.1 Å². The summed E-state index contributed by atoms with van der Waals surface area (Å²) in [4.78, 5) is 9.05. The summed E-state index contributed by atoms with van der Waals surface area (Å²) in [7, 11) is -4.31. The first-order valence-corrected chi connectivity index (χ1v) is 7.29. The van der Waals surface area contributed by atoms with Gasteiger partial charge in [-0.15, -0.1) is 0 Å². The van der Waals surface area contributed by atoms with Crippen molar-refractivity contribution in [1.82, 2.24) is 9.78 Å². The van der Waals surface area contributed by atoms with Crippen LogP contribution in [-0.2, 0) is 16.6 Å². The monoisotopic (exact) mass is 334 g/mol. The highest BCUT2D eigenvalue weighted by molar-refractivity contribution is 7.89. The van der Waals surface area contributed by atoms with E-state index in [0.717, 1.165) is 16.9 Å². The van der Waals surface area contributed by atoms with Crippen LogP contribution in [0.3, 0.4) is 0 Å². The Balaban J connectivity index is 2.47. The Kier molecular flexibility index (Phi) is 3.94. The van der Waals surface area contributed by atoms with Gasteiger partial charge in [-0.2, -0.15) is 4.68 Å². The smallest absolute Gasteiger partial charge is 0.358 e. The van der Waals surface area contributed by atoms with E-state index in [2.05, 4.69) is 5.10 Å². The molecule has 1 heterocycles. The van der Waals surface area contributed by atoms with E-state index in [-0.39, 0.29) is 17.1 Å². The minimum Gasteiger partial charge on any atom is -0.358 e. The van der Waals surface area contributed by atoms with E-state index in [0.29, 0.717) is 0 Å². The lowest BCUT2D eigenvalue weighted by Crippen LogP contribution is -2.13. The molecule has 1 aromatic carbocycles. The second kappa shape index (κ2) is 5.39. The number of halogens is 2. The Morgan fingerprint density at radius 2 is 2.14 bits per heavy atom. The lowest BCUT2D eigenvalue weighted by molar-refractivity contribution is -0.392. The van der Waals surface area contributed by atoms with Crippen LogP contribution in [0.25, 0.3) is 0 Å². The first-order chi connectivity index (χ1) is 9.68. The number of nitrogens with two attached hydrogens (primary N) is 1. The summed E-state index contributed by atoms with van der Waals surface area (Å²) in [6.07, 6.45) is 0.869. The van der Waals surface area contributed by atoms with Crippen LogP contribution < -0.4 is 5.14 Å². The van der Waals surface area contributed by atoms with Crippen LogP contribution in [0.2, 0.25) is 5.02 Å². The summed E-state index contributed by atoms with van der Waals surface area (Å²) < 4.78 is 37.0. The molecule has 0 radical (unpaired) electrons. The standard InChI is InChI=1S/C10H8ClFN4O4S/c11-7-1-2-8(12)6(3-7)4-15-5-9(21(13,19)20)10(14-15)16(17)18/h1-3,5H,4H2,(H2,13,19,20). The number of aromatic nitrogens is 2. The van der Waals surface area contributed by atoms with Crippen LogP contribution in [0.15, 0.2) is 29.3 Å². The van der Waals surface area contributed by atoms with Gasteiger partial charge in [0, 0.05) is 10.6 Å². The molecule has 0 saturated heterocycles. The van der Waals surface area contributed by atoms with Crippen LogP contribution in [0.4, 0.5) is 10.2 Å². The normalized spacial score (nSPS) is 11.6. The zero-order valence-electron chi connectivity index (χ0n) is 10.2. The molecule has 112 valence electrons. The van der Waals surface area contributed by atoms with E-state index < -0.39 is 31.5 Å².